The zero-order chi connectivity index (χ0) is 13.0. The number of carbonyl (C=O) groups excluding carboxylic acids is 1. The summed E-state index contributed by atoms with van der Waals surface area (Å²) in [5, 5.41) is 3.91. The van der Waals surface area contributed by atoms with E-state index in [1.165, 1.54) is 0 Å². The lowest BCUT2D eigenvalue weighted by molar-refractivity contribution is -0.142. The van der Waals surface area contributed by atoms with Crippen molar-refractivity contribution in [2.45, 2.75) is 45.1 Å². The molecule has 0 saturated carbocycles. The standard InChI is InChI=1S/C12H18N2O4/c1-3-16-10(15)8-9-13-11(14-18-9)12(2)6-4-5-7-17-12/h3-8H2,1-2H3. The highest BCUT2D eigenvalue weighted by Gasteiger charge is 2.35. The van der Waals surface area contributed by atoms with Gasteiger partial charge in [-0.15, -0.1) is 0 Å². The van der Waals surface area contributed by atoms with E-state index in [1.807, 2.05) is 6.92 Å². The van der Waals surface area contributed by atoms with Crippen molar-refractivity contribution in [2.75, 3.05) is 13.2 Å². The summed E-state index contributed by atoms with van der Waals surface area (Å²) in [5.74, 6) is 0.433. The minimum Gasteiger partial charge on any atom is -0.466 e. The normalized spacial score (nSPS) is 23.9. The fourth-order valence-electron chi connectivity index (χ4n) is 1.99. The summed E-state index contributed by atoms with van der Waals surface area (Å²) >= 11 is 0. The topological polar surface area (TPSA) is 74.5 Å². The van der Waals surface area contributed by atoms with Crippen LogP contribution in [-0.4, -0.2) is 29.3 Å². The average molecular weight is 254 g/mol. The number of nitrogens with zero attached hydrogens (tertiary/aromatic N) is 2. The Labute approximate surface area is 106 Å². The van der Waals surface area contributed by atoms with Gasteiger partial charge in [-0.25, -0.2) is 0 Å². The highest BCUT2D eigenvalue weighted by Crippen LogP contribution is 2.32. The van der Waals surface area contributed by atoms with Crippen molar-refractivity contribution < 1.29 is 18.8 Å². The van der Waals surface area contributed by atoms with E-state index in [0.29, 0.717) is 19.0 Å². The molecule has 1 saturated heterocycles. The fraction of sp³-hybridized carbons (Fsp3) is 0.750. The predicted octanol–water partition coefficient (Wildman–Crippen LogP) is 1.59. The highest BCUT2D eigenvalue weighted by molar-refractivity contribution is 5.71. The lowest BCUT2D eigenvalue weighted by atomic mass is 9.95. The lowest BCUT2D eigenvalue weighted by Gasteiger charge is -2.30. The van der Waals surface area contributed by atoms with Gasteiger partial charge >= 0.3 is 5.97 Å². The molecule has 0 amide bonds. The Hall–Kier alpha value is -1.43. The van der Waals surface area contributed by atoms with Crippen molar-refractivity contribution in [2.24, 2.45) is 0 Å². The van der Waals surface area contributed by atoms with Crippen LogP contribution in [0.3, 0.4) is 0 Å². The molecule has 18 heavy (non-hydrogen) atoms. The van der Waals surface area contributed by atoms with Crippen molar-refractivity contribution in [1.82, 2.24) is 10.1 Å². The maximum absolute atomic E-state index is 11.3. The molecular formula is C12H18N2O4. The largest absolute Gasteiger partial charge is 0.466 e. The van der Waals surface area contributed by atoms with Gasteiger partial charge in [0.05, 0.1) is 6.61 Å². The van der Waals surface area contributed by atoms with E-state index in [2.05, 4.69) is 10.1 Å². The number of aromatic nitrogens is 2. The molecule has 0 radical (unpaired) electrons. The molecule has 0 spiro atoms. The molecule has 0 aliphatic carbocycles. The minimum atomic E-state index is -0.491. The van der Waals surface area contributed by atoms with E-state index >= 15 is 0 Å². The van der Waals surface area contributed by atoms with Gasteiger partial charge < -0.3 is 14.0 Å². The van der Waals surface area contributed by atoms with Crippen LogP contribution in [0.1, 0.15) is 44.8 Å². The smallest absolute Gasteiger partial charge is 0.315 e. The molecule has 0 aromatic carbocycles. The van der Waals surface area contributed by atoms with E-state index in [-0.39, 0.29) is 18.3 Å². The van der Waals surface area contributed by atoms with E-state index in [9.17, 15) is 4.79 Å². The first-order valence-electron chi connectivity index (χ1n) is 6.27. The van der Waals surface area contributed by atoms with Gasteiger partial charge in [-0.1, -0.05) is 5.16 Å². The molecule has 1 aromatic rings. The van der Waals surface area contributed by atoms with Crippen molar-refractivity contribution in [3.05, 3.63) is 11.7 Å². The SMILES string of the molecule is CCOC(=O)Cc1nc(C2(C)CCCCO2)no1. The van der Waals surface area contributed by atoms with E-state index in [4.69, 9.17) is 14.0 Å². The quantitative estimate of drug-likeness (QED) is 0.759. The molecule has 0 N–H and O–H groups in total. The summed E-state index contributed by atoms with van der Waals surface area (Å²) in [4.78, 5) is 15.5. The average Bonchev–Trinajstić information content (AvgIpc) is 2.79. The first-order chi connectivity index (χ1) is 8.64. The molecule has 100 valence electrons. The van der Waals surface area contributed by atoms with Gasteiger partial charge in [0.2, 0.25) is 11.7 Å². The molecule has 0 bridgehead atoms. The van der Waals surface area contributed by atoms with Crippen LogP contribution in [0, 0.1) is 0 Å². The molecule has 1 fully saturated rings. The van der Waals surface area contributed by atoms with Crippen LogP contribution in [0.5, 0.6) is 0 Å². The predicted molar refractivity (Wildman–Crippen MR) is 61.8 cm³/mol. The maximum Gasteiger partial charge on any atom is 0.315 e. The Kier molecular flexibility index (Phi) is 3.96. The van der Waals surface area contributed by atoms with Crippen molar-refractivity contribution in [3.8, 4) is 0 Å². The van der Waals surface area contributed by atoms with Crippen LogP contribution in [0.4, 0.5) is 0 Å². The molecule has 1 atom stereocenters. The van der Waals surface area contributed by atoms with Gasteiger partial charge in [0.1, 0.15) is 12.0 Å². The molecular weight excluding hydrogens is 236 g/mol. The number of hydrogen-bond acceptors (Lipinski definition) is 6. The number of hydrogen-bond donors (Lipinski definition) is 0. The number of rotatable bonds is 4. The fourth-order valence-corrected chi connectivity index (χ4v) is 1.99. The van der Waals surface area contributed by atoms with Crippen molar-refractivity contribution in [3.63, 3.8) is 0 Å². The molecule has 6 nitrogen and oxygen atoms in total. The molecule has 1 aliphatic rings. The third-order valence-electron chi connectivity index (χ3n) is 3.01. The number of esters is 1. The Balaban J connectivity index is 2.03. The third-order valence-corrected chi connectivity index (χ3v) is 3.01. The second kappa shape index (κ2) is 5.48. The zero-order valence-electron chi connectivity index (χ0n) is 10.8. The molecule has 1 aliphatic heterocycles. The monoisotopic (exact) mass is 254 g/mol. The summed E-state index contributed by atoms with van der Waals surface area (Å²) in [6.07, 6.45) is 3.02. The van der Waals surface area contributed by atoms with Gasteiger partial charge in [0, 0.05) is 6.61 Å². The van der Waals surface area contributed by atoms with Crippen LogP contribution in [-0.2, 0) is 26.3 Å². The molecule has 6 heteroatoms. The van der Waals surface area contributed by atoms with Crippen LogP contribution < -0.4 is 0 Å². The van der Waals surface area contributed by atoms with Gasteiger partial charge in [0.25, 0.3) is 0 Å². The van der Waals surface area contributed by atoms with Crippen LogP contribution >= 0.6 is 0 Å². The Morgan fingerprint density at radius 3 is 3.00 bits per heavy atom. The number of carbonyl (C=O) groups is 1. The first kappa shape index (κ1) is 13.0. The summed E-state index contributed by atoms with van der Waals surface area (Å²) in [7, 11) is 0. The minimum absolute atomic E-state index is 0.0108. The zero-order valence-corrected chi connectivity index (χ0v) is 10.8. The van der Waals surface area contributed by atoms with Gasteiger partial charge in [0.15, 0.2) is 0 Å². The lowest BCUT2D eigenvalue weighted by Crippen LogP contribution is -2.31. The van der Waals surface area contributed by atoms with Gasteiger partial charge in [-0.2, -0.15) is 4.98 Å². The Morgan fingerprint density at radius 2 is 2.33 bits per heavy atom. The first-order valence-corrected chi connectivity index (χ1v) is 6.27. The molecule has 1 unspecified atom stereocenters. The second-order valence-corrected chi connectivity index (χ2v) is 4.53. The van der Waals surface area contributed by atoms with Crippen LogP contribution in [0.2, 0.25) is 0 Å². The van der Waals surface area contributed by atoms with E-state index in [1.54, 1.807) is 6.92 Å². The van der Waals surface area contributed by atoms with Crippen LogP contribution in [0.15, 0.2) is 4.52 Å². The molecule has 2 heterocycles. The van der Waals surface area contributed by atoms with Gasteiger partial charge in [-0.3, -0.25) is 4.79 Å². The Bertz CT molecular complexity index is 410. The van der Waals surface area contributed by atoms with E-state index < -0.39 is 5.60 Å². The summed E-state index contributed by atoms with van der Waals surface area (Å²) < 4.78 is 15.6. The third kappa shape index (κ3) is 2.87. The Morgan fingerprint density at radius 1 is 1.50 bits per heavy atom. The highest BCUT2D eigenvalue weighted by atomic mass is 16.5. The van der Waals surface area contributed by atoms with E-state index in [0.717, 1.165) is 19.3 Å². The molecule has 2 rings (SSSR count). The number of ether oxygens (including phenoxy) is 2. The van der Waals surface area contributed by atoms with Crippen LogP contribution in [0.25, 0.3) is 0 Å². The molecule has 1 aromatic heterocycles. The summed E-state index contributed by atoms with van der Waals surface area (Å²) in [5.41, 5.74) is -0.491. The van der Waals surface area contributed by atoms with Crippen molar-refractivity contribution in [1.29, 1.82) is 0 Å². The van der Waals surface area contributed by atoms with Crippen molar-refractivity contribution >= 4 is 5.97 Å². The summed E-state index contributed by atoms with van der Waals surface area (Å²) in [6.45, 7) is 4.76. The van der Waals surface area contributed by atoms with Gasteiger partial charge in [-0.05, 0) is 33.1 Å². The second-order valence-electron chi connectivity index (χ2n) is 4.53. The summed E-state index contributed by atoms with van der Waals surface area (Å²) in [6, 6.07) is 0. The maximum atomic E-state index is 11.3.